The second kappa shape index (κ2) is 5.94. The van der Waals surface area contributed by atoms with Crippen LogP contribution in [0.4, 0.5) is 0 Å². The summed E-state index contributed by atoms with van der Waals surface area (Å²) in [6.45, 7) is 4.95. The summed E-state index contributed by atoms with van der Waals surface area (Å²) >= 11 is 3.50. The Labute approximate surface area is 124 Å². The van der Waals surface area contributed by atoms with Gasteiger partial charge in [0.25, 0.3) is 0 Å². The van der Waals surface area contributed by atoms with E-state index in [2.05, 4.69) is 57.0 Å². The van der Waals surface area contributed by atoms with E-state index >= 15 is 0 Å². The van der Waals surface area contributed by atoms with Crippen molar-refractivity contribution < 1.29 is 0 Å². The van der Waals surface area contributed by atoms with Crippen molar-refractivity contribution in [3.63, 3.8) is 0 Å². The number of nitrogens with zero attached hydrogens (tertiary/aromatic N) is 2. The van der Waals surface area contributed by atoms with E-state index in [4.69, 9.17) is 0 Å². The zero-order valence-corrected chi connectivity index (χ0v) is 13.3. The van der Waals surface area contributed by atoms with Crippen LogP contribution in [-0.4, -0.2) is 42.5 Å². The first-order chi connectivity index (χ1) is 9.22. The lowest BCUT2D eigenvalue weighted by Crippen LogP contribution is -2.52. The molecule has 0 spiro atoms. The van der Waals surface area contributed by atoms with Crippen LogP contribution in [0.5, 0.6) is 0 Å². The van der Waals surface area contributed by atoms with Crippen molar-refractivity contribution in [3.05, 3.63) is 34.3 Å². The van der Waals surface area contributed by atoms with Crippen LogP contribution in [-0.2, 0) is 6.54 Å². The monoisotopic (exact) mass is 322 g/mol. The Kier molecular flexibility index (Phi) is 4.25. The van der Waals surface area contributed by atoms with Crippen molar-refractivity contribution in [1.82, 2.24) is 9.80 Å². The van der Waals surface area contributed by atoms with Gasteiger partial charge in [0.15, 0.2) is 0 Å². The summed E-state index contributed by atoms with van der Waals surface area (Å²) in [5.74, 6) is 0.892. The smallest absolute Gasteiger partial charge is 0.0233 e. The maximum absolute atomic E-state index is 3.50. The molecule has 0 bridgehead atoms. The van der Waals surface area contributed by atoms with Crippen molar-refractivity contribution in [1.29, 1.82) is 0 Å². The summed E-state index contributed by atoms with van der Waals surface area (Å²) in [5, 5.41) is 0. The average molecular weight is 323 g/mol. The maximum atomic E-state index is 3.50. The molecule has 0 aliphatic carbocycles. The van der Waals surface area contributed by atoms with Crippen LogP contribution in [0.1, 0.15) is 24.8 Å². The highest BCUT2D eigenvalue weighted by molar-refractivity contribution is 9.10. The van der Waals surface area contributed by atoms with E-state index in [1.54, 1.807) is 0 Å². The van der Waals surface area contributed by atoms with Crippen LogP contribution < -0.4 is 0 Å². The number of rotatable bonds is 2. The van der Waals surface area contributed by atoms with Crippen LogP contribution in [0.15, 0.2) is 28.7 Å². The van der Waals surface area contributed by atoms with Gasteiger partial charge in [0, 0.05) is 23.6 Å². The first kappa shape index (κ1) is 13.6. The molecule has 0 saturated carbocycles. The summed E-state index contributed by atoms with van der Waals surface area (Å²) in [4.78, 5) is 5.23. The second-order valence-electron chi connectivity index (χ2n) is 6.10. The van der Waals surface area contributed by atoms with Gasteiger partial charge in [-0.2, -0.15) is 0 Å². The van der Waals surface area contributed by atoms with Gasteiger partial charge in [-0.25, -0.2) is 0 Å². The summed E-state index contributed by atoms with van der Waals surface area (Å²) in [7, 11) is 2.31. The molecule has 2 aliphatic rings. The van der Waals surface area contributed by atoms with Crippen LogP contribution in [0.3, 0.4) is 0 Å². The molecule has 0 radical (unpaired) electrons. The largest absolute Gasteiger partial charge is 0.303 e. The normalized spacial score (nSPS) is 29.2. The lowest BCUT2D eigenvalue weighted by atomic mass is 9.84. The Morgan fingerprint density at radius 3 is 2.74 bits per heavy atom. The molecule has 1 aromatic carbocycles. The Bertz CT molecular complexity index is 417. The molecule has 0 N–H and O–H groups in total. The molecule has 2 nitrogen and oxygen atoms in total. The third-order valence-corrected chi connectivity index (χ3v) is 5.28. The van der Waals surface area contributed by atoms with E-state index in [0.717, 1.165) is 18.5 Å². The molecule has 3 heteroatoms. The molecule has 2 saturated heterocycles. The predicted molar refractivity (Wildman–Crippen MR) is 83.2 cm³/mol. The Morgan fingerprint density at radius 1 is 1.16 bits per heavy atom. The van der Waals surface area contributed by atoms with Gasteiger partial charge in [-0.15, -0.1) is 0 Å². The molecule has 104 valence electrons. The molecule has 1 aromatic rings. The van der Waals surface area contributed by atoms with E-state index in [0.29, 0.717) is 0 Å². The van der Waals surface area contributed by atoms with E-state index in [9.17, 15) is 0 Å². The minimum atomic E-state index is 0.843. The third kappa shape index (κ3) is 3.21. The number of halogens is 1. The molecule has 0 aromatic heterocycles. The molecule has 3 rings (SSSR count). The topological polar surface area (TPSA) is 6.48 Å². The second-order valence-corrected chi connectivity index (χ2v) is 7.02. The van der Waals surface area contributed by atoms with Crippen molar-refractivity contribution >= 4 is 15.9 Å². The average Bonchev–Trinajstić information content (AvgIpc) is 2.42. The third-order valence-electron chi connectivity index (χ3n) is 4.75. The van der Waals surface area contributed by atoms with Gasteiger partial charge in [-0.3, -0.25) is 4.90 Å². The molecule has 19 heavy (non-hydrogen) atoms. The zero-order chi connectivity index (χ0) is 13.2. The van der Waals surface area contributed by atoms with Crippen LogP contribution in [0.25, 0.3) is 0 Å². The van der Waals surface area contributed by atoms with E-state index in [1.807, 2.05) is 0 Å². The van der Waals surface area contributed by atoms with Crippen LogP contribution in [0.2, 0.25) is 0 Å². The maximum Gasteiger partial charge on any atom is 0.0233 e. The van der Waals surface area contributed by atoms with Gasteiger partial charge in [-0.05, 0) is 63.0 Å². The highest BCUT2D eigenvalue weighted by atomic mass is 79.9. The fraction of sp³-hybridized carbons (Fsp3) is 0.625. The standard InChI is InChI=1S/C16H23BrN2/c1-18-9-2-3-14-12-19(10-8-16(14)18)11-13-4-6-15(17)7-5-13/h4-7,14,16H,2-3,8-12H2,1H3. The van der Waals surface area contributed by atoms with Crippen molar-refractivity contribution in [2.24, 2.45) is 5.92 Å². The highest BCUT2D eigenvalue weighted by Gasteiger charge is 2.33. The summed E-state index contributed by atoms with van der Waals surface area (Å²) in [5.41, 5.74) is 1.44. The van der Waals surface area contributed by atoms with Gasteiger partial charge in [0.1, 0.15) is 0 Å². The molecule has 2 atom stereocenters. The number of fused-ring (bicyclic) bond motifs is 1. The van der Waals surface area contributed by atoms with Gasteiger partial charge < -0.3 is 4.90 Å². The van der Waals surface area contributed by atoms with E-state index in [-0.39, 0.29) is 0 Å². The van der Waals surface area contributed by atoms with Crippen molar-refractivity contribution in [2.75, 3.05) is 26.7 Å². The van der Waals surface area contributed by atoms with Crippen molar-refractivity contribution in [3.8, 4) is 0 Å². The first-order valence-electron chi connectivity index (χ1n) is 7.39. The SMILES string of the molecule is CN1CCCC2CN(Cc3ccc(Br)cc3)CCC21. The Balaban J connectivity index is 1.60. The molecular formula is C16H23BrN2. The Morgan fingerprint density at radius 2 is 1.95 bits per heavy atom. The highest BCUT2D eigenvalue weighted by Crippen LogP contribution is 2.30. The molecular weight excluding hydrogens is 300 g/mol. The number of hydrogen-bond donors (Lipinski definition) is 0. The molecule has 2 heterocycles. The summed E-state index contributed by atoms with van der Waals surface area (Å²) < 4.78 is 1.17. The van der Waals surface area contributed by atoms with E-state index in [1.165, 1.54) is 48.9 Å². The van der Waals surface area contributed by atoms with Crippen molar-refractivity contribution in [2.45, 2.75) is 31.8 Å². The summed E-state index contributed by atoms with van der Waals surface area (Å²) in [6, 6.07) is 9.62. The minimum Gasteiger partial charge on any atom is -0.303 e. The minimum absolute atomic E-state index is 0.843. The fourth-order valence-corrected chi connectivity index (χ4v) is 3.98. The molecule has 2 aliphatic heterocycles. The molecule has 2 unspecified atom stereocenters. The van der Waals surface area contributed by atoms with E-state index < -0.39 is 0 Å². The van der Waals surface area contributed by atoms with Gasteiger partial charge in [0.05, 0.1) is 0 Å². The van der Waals surface area contributed by atoms with Gasteiger partial charge >= 0.3 is 0 Å². The Hall–Kier alpha value is -0.380. The first-order valence-corrected chi connectivity index (χ1v) is 8.19. The molecule has 2 fully saturated rings. The lowest BCUT2D eigenvalue weighted by Gasteiger charge is -2.46. The fourth-order valence-electron chi connectivity index (χ4n) is 3.72. The summed E-state index contributed by atoms with van der Waals surface area (Å²) in [6.07, 6.45) is 4.15. The van der Waals surface area contributed by atoms with Gasteiger partial charge in [0.2, 0.25) is 0 Å². The molecule has 0 amide bonds. The zero-order valence-electron chi connectivity index (χ0n) is 11.7. The number of benzene rings is 1. The van der Waals surface area contributed by atoms with Gasteiger partial charge in [-0.1, -0.05) is 28.1 Å². The number of hydrogen-bond acceptors (Lipinski definition) is 2. The number of piperidine rings is 2. The van der Waals surface area contributed by atoms with Crippen LogP contribution in [0, 0.1) is 5.92 Å². The quantitative estimate of drug-likeness (QED) is 0.823. The number of likely N-dealkylation sites (tertiary alicyclic amines) is 2. The predicted octanol–water partition coefficient (Wildman–Crippen LogP) is 3.37. The van der Waals surface area contributed by atoms with Crippen LogP contribution >= 0.6 is 15.9 Å². The lowest BCUT2D eigenvalue weighted by molar-refractivity contribution is 0.0355.